The smallest absolute Gasteiger partial charge is 0.312 e. The Labute approximate surface area is 116 Å². The first-order valence-electron chi connectivity index (χ1n) is 6.38. The van der Waals surface area contributed by atoms with Crippen LogP contribution in [0.3, 0.4) is 0 Å². The normalized spacial score (nSPS) is 12.1. The summed E-state index contributed by atoms with van der Waals surface area (Å²) in [7, 11) is 0. The minimum absolute atomic E-state index is 0.274. The van der Waals surface area contributed by atoms with Crippen LogP contribution in [0.5, 0.6) is 0 Å². The lowest BCUT2D eigenvalue weighted by Crippen LogP contribution is -2.16. The molecule has 0 aliphatic rings. The summed E-state index contributed by atoms with van der Waals surface area (Å²) in [5, 5.41) is 9.37. The van der Waals surface area contributed by atoms with E-state index in [2.05, 4.69) is 9.97 Å². The van der Waals surface area contributed by atoms with E-state index in [1.165, 1.54) is 18.5 Å². The van der Waals surface area contributed by atoms with Crippen molar-refractivity contribution >= 4 is 5.97 Å². The topological polar surface area (TPSA) is 63.1 Å². The number of hydrogen-bond acceptors (Lipinski definition) is 3. The van der Waals surface area contributed by atoms with Gasteiger partial charge in [0.05, 0.1) is 5.69 Å². The van der Waals surface area contributed by atoms with Crippen LogP contribution in [0.4, 0.5) is 4.39 Å². The predicted octanol–water partition coefficient (Wildman–Crippen LogP) is 2.59. The molecule has 20 heavy (non-hydrogen) atoms. The fourth-order valence-corrected chi connectivity index (χ4v) is 1.97. The SMILES string of the molecule is CCc1cc(C(Cc2ccc(F)cc2)C(=O)O)ncn1. The molecule has 1 atom stereocenters. The van der Waals surface area contributed by atoms with Crippen molar-refractivity contribution in [1.29, 1.82) is 0 Å². The maximum atomic E-state index is 12.9. The number of carboxylic acids is 1. The second-order valence-electron chi connectivity index (χ2n) is 4.51. The fourth-order valence-electron chi connectivity index (χ4n) is 1.97. The molecule has 5 heteroatoms. The van der Waals surface area contributed by atoms with Crippen molar-refractivity contribution in [2.45, 2.75) is 25.7 Å². The first-order valence-corrected chi connectivity index (χ1v) is 6.38. The Kier molecular flexibility index (Phi) is 4.40. The van der Waals surface area contributed by atoms with Gasteiger partial charge in [-0.1, -0.05) is 19.1 Å². The van der Waals surface area contributed by atoms with E-state index in [9.17, 15) is 14.3 Å². The van der Waals surface area contributed by atoms with Crippen LogP contribution in [0.25, 0.3) is 0 Å². The summed E-state index contributed by atoms with van der Waals surface area (Å²) in [6.45, 7) is 1.95. The van der Waals surface area contributed by atoms with Gasteiger partial charge in [0, 0.05) is 5.69 Å². The number of halogens is 1. The summed E-state index contributed by atoms with van der Waals surface area (Å²) in [6.07, 6.45) is 2.38. The molecule has 1 N–H and O–H groups in total. The molecule has 1 aromatic carbocycles. The van der Waals surface area contributed by atoms with Gasteiger partial charge in [-0.3, -0.25) is 4.79 Å². The van der Waals surface area contributed by atoms with Crippen molar-refractivity contribution in [1.82, 2.24) is 9.97 Å². The molecule has 1 heterocycles. The average Bonchev–Trinajstić information content (AvgIpc) is 2.46. The van der Waals surface area contributed by atoms with Crippen molar-refractivity contribution in [3.8, 4) is 0 Å². The number of carboxylic acid groups (broad SMARTS) is 1. The summed E-state index contributed by atoms with van der Waals surface area (Å²) in [5.74, 6) is -2.04. The van der Waals surface area contributed by atoms with Crippen LogP contribution in [-0.2, 0) is 17.6 Å². The zero-order chi connectivity index (χ0) is 14.5. The highest BCUT2D eigenvalue weighted by atomic mass is 19.1. The van der Waals surface area contributed by atoms with Gasteiger partial charge in [0.2, 0.25) is 0 Å². The van der Waals surface area contributed by atoms with E-state index < -0.39 is 11.9 Å². The quantitative estimate of drug-likeness (QED) is 0.910. The van der Waals surface area contributed by atoms with E-state index in [1.54, 1.807) is 18.2 Å². The Morgan fingerprint density at radius 3 is 2.60 bits per heavy atom. The number of benzene rings is 1. The van der Waals surface area contributed by atoms with E-state index in [-0.39, 0.29) is 12.2 Å². The maximum Gasteiger partial charge on any atom is 0.312 e. The van der Waals surface area contributed by atoms with E-state index in [0.717, 1.165) is 17.7 Å². The molecule has 0 aliphatic heterocycles. The van der Waals surface area contributed by atoms with Crippen LogP contribution in [0, 0.1) is 5.82 Å². The van der Waals surface area contributed by atoms with Crippen molar-refractivity contribution in [3.05, 3.63) is 59.4 Å². The molecule has 0 saturated carbocycles. The van der Waals surface area contributed by atoms with Crippen LogP contribution in [0.1, 0.15) is 29.8 Å². The zero-order valence-corrected chi connectivity index (χ0v) is 11.1. The van der Waals surface area contributed by atoms with Gasteiger partial charge in [0.1, 0.15) is 18.1 Å². The Bertz CT molecular complexity index is 599. The summed E-state index contributed by atoms with van der Waals surface area (Å²) in [5.41, 5.74) is 2.05. The minimum atomic E-state index is -0.949. The molecule has 0 spiro atoms. The van der Waals surface area contributed by atoms with Gasteiger partial charge < -0.3 is 5.11 Å². The molecule has 1 aromatic heterocycles. The lowest BCUT2D eigenvalue weighted by molar-refractivity contribution is -0.138. The largest absolute Gasteiger partial charge is 0.481 e. The van der Waals surface area contributed by atoms with Gasteiger partial charge in [-0.2, -0.15) is 0 Å². The second kappa shape index (κ2) is 6.23. The molecule has 0 fully saturated rings. The highest BCUT2D eigenvalue weighted by molar-refractivity contribution is 5.75. The van der Waals surface area contributed by atoms with Crippen LogP contribution in [0.2, 0.25) is 0 Å². The maximum absolute atomic E-state index is 12.9. The molecule has 0 aliphatic carbocycles. The van der Waals surface area contributed by atoms with Gasteiger partial charge >= 0.3 is 5.97 Å². The van der Waals surface area contributed by atoms with Gasteiger partial charge in [-0.25, -0.2) is 14.4 Å². The number of nitrogens with zero attached hydrogens (tertiary/aromatic N) is 2. The average molecular weight is 274 g/mol. The Morgan fingerprint density at radius 2 is 2.00 bits per heavy atom. The van der Waals surface area contributed by atoms with Crippen LogP contribution in [0.15, 0.2) is 36.7 Å². The lowest BCUT2D eigenvalue weighted by Gasteiger charge is -2.12. The van der Waals surface area contributed by atoms with Gasteiger partial charge in [0.15, 0.2) is 0 Å². The van der Waals surface area contributed by atoms with E-state index >= 15 is 0 Å². The van der Waals surface area contributed by atoms with E-state index in [4.69, 9.17) is 0 Å². The molecule has 2 aromatic rings. The van der Waals surface area contributed by atoms with Crippen molar-refractivity contribution in [2.24, 2.45) is 0 Å². The Morgan fingerprint density at radius 1 is 1.30 bits per heavy atom. The molecule has 0 bridgehead atoms. The lowest BCUT2D eigenvalue weighted by atomic mass is 9.95. The van der Waals surface area contributed by atoms with Crippen LogP contribution in [-0.4, -0.2) is 21.0 Å². The molecule has 1 unspecified atom stereocenters. The van der Waals surface area contributed by atoms with Gasteiger partial charge in [0.25, 0.3) is 0 Å². The Hall–Kier alpha value is -2.30. The number of aryl methyl sites for hydroxylation is 1. The summed E-state index contributed by atoms with van der Waals surface area (Å²) in [6, 6.07) is 7.54. The van der Waals surface area contributed by atoms with E-state index in [0.29, 0.717) is 5.69 Å². The third-order valence-electron chi connectivity index (χ3n) is 3.12. The molecular formula is C15H15FN2O2. The minimum Gasteiger partial charge on any atom is -0.481 e. The molecule has 0 radical (unpaired) electrons. The molecular weight excluding hydrogens is 259 g/mol. The second-order valence-corrected chi connectivity index (χ2v) is 4.51. The molecule has 0 amide bonds. The summed E-state index contributed by atoms with van der Waals surface area (Å²) < 4.78 is 12.9. The molecule has 2 rings (SSSR count). The molecule has 0 saturated heterocycles. The number of carbonyl (C=O) groups is 1. The van der Waals surface area contributed by atoms with Crippen LogP contribution >= 0.6 is 0 Å². The number of aliphatic carboxylic acids is 1. The number of hydrogen-bond donors (Lipinski definition) is 1. The fraction of sp³-hybridized carbons (Fsp3) is 0.267. The third-order valence-corrected chi connectivity index (χ3v) is 3.12. The third kappa shape index (κ3) is 3.38. The highest BCUT2D eigenvalue weighted by Gasteiger charge is 2.22. The van der Waals surface area contributed by atoms with E-state index in [1.807, 2.05) is 6.92 Å². The number of rotatable bonds is 5. The van der Waals surface area contributed by atoms with Crippen LogP contribution < -0.4 is 0 Å². The highest BCUT2D eigenvalue weighted by Crippen LogP contribution is 2.20. The zero-order valence-electron chi connectivity index (χ0n) is 11.1. The predicted molar refractivity (Wildman–Crippen MR) is 71.9 cm³/mol. The monoisotopic (exact) mass is 274 g/mol. The molecule has 104 valence electrons. The molecule has 4 nitrogen and oxygen atoms in total. The summed E-state index contributed by atoms with van der Waals surface area (Å²) >= 11 is 0. The van der Waals surface area contributed by atoms with Gasteiger partial charge in [-0.05, 0) is 36.6 Å². The number of aromatic nitrogens is 2. The van der Waals surface area contributed by atoms with Crippen molar-refractivity contribution in [3.63, 3.8) is 0 Å². The van der Waals surface area contributed by atoms with Gasteiger partial charge in [-0.15, -0.1) is 0 Å². The first-order chi connectivity index (χ1) is 9.60. The van der Waals surface area contributed by atoms with Crippen molar-refractivity contribution in [2.75, 3.05) is 0 Å². The standard InChI is InChI=1S/C15H15FN2O2/c1-2-12-8-14(18-9-17-12)13(15(19)20)7-10-3-5-11(16)6-4-10/h3-6,8-9,13H,2,7H2,1H3,(H,19,20). The van der Waals surface area contributed by atoms with Crippen molar-refractivity contribution < 1.29 is 14.3 Å². The Balaban J connectivity index is 2.26. The summed E-state index contributed by atoms with van der Waals surface area (Å²) in [4.78, 5) is 19.6. The first kappa shape index (κ1) is 14.1.